The molecule has 0 aliphatic carbocycles. The molecule has 1 N–H and O–H groups in total. The standard InChI is InChI=1S/C30H29N5O3S/c1-3-38-27(37)17-24(22-15-13-20(2)14-16-22)31-26(36)19-39-30-32-29-28(33-34-30)23-11-7-8-12-25(23)35(29)18-21-9-5-4-6-10-21/h4-16,24H,3,17-19H2,1-2H3,(H,31,36)/t24-/m1/s1. The van der Waals surface area contributed by atoms with Crippen molar-refractivity contribution in [2.75, 3.05) is 12.4 Å². The van der Waals surface area contributed by atoms with Crippen molar-refractivity contribution >= 4 is 45.7 Å². The quantitative estimate of drug-likeness (QED) is 0.191. The van der Waals surface area contributed by atoms with Gasteiger partial charge in [-0.3, -0.25) is 9.59 Å². The summed E-state index contributed by atoms with van der Waals surface area (Å²) in [6, 6.07) is 25.5. The first-order valence-corrected chi connectivity index (χ1v) is 13.8. The fourth-order valence-corrected chi connectivity index (χ4v) is 5.07. The van der Waals surface area contributed by atoms with Gasteiger partial charge in [-0.1, -0.05) is 90.1 Å². The molecule has 39 heavy (non-hydrogen) atoms. The molecule has 8 nitrogen and oxygen atoms in total. The number of nitrogens with one attached hydrogen (secondary N) is 1. The highest BCUT2D eigenvalue weighted by Crippen LogP contribution is 2.28. The second kappa shape index (κ2) is 12.1. The number of para-hydroxylation sites is 1. The van der Waals surface area contributed by atoms with Crippen LogP contribution in [0.15, 0.2) is 84.0 Å². The number of amides is 1. The van der Waals surface area contributed by atoms with E-state index in [0.717, 1.165) is 38.8 Å². The van der Waals surface area contributed by atoms with E-state index < -0.39 is 6.04 Å². The zero-order valence-electron chi connectivity index (χ0n) is 21.8. The molecule has 0 aliphatic heterocycles. The normalized spacial score (nSPS) is 11.9. The lowest BCUT2D eigenvalue weighted by Crippen LogP contribution is -2.32. The Balaban J connectivity index is 1.35. The molecule has 1 amide bonds. The van der Waals surface area contributed by atoms with Crippen molar-refractivity contribution in [1.82, 2.24) is 25.1 Å². The number of aryl methyl sites for hydroxylation is 1. The van der Waals surface area contributed by atoms with Crippen molar-refractivity contribution in [1.29, 1.82) is 0 Å². The van der Waals surface area contributed by atoms with Crippen molar-refractivity contribution in [3.05, 3.63) is 95.6 Å². The first-order valence-electron chi connectivity index (χ1n) is 12.8. The fraction of sp³-hybridized carbons (Fsp3) is 0.233. The summed E-state index contributed by atoms with van der Waals surface area (Å²) in [7, 11) is 0. The Labute approximate surface area is 230 Å². The first-order chi connectivity index (χ1) is 19.0. The number of thioether (sulfide) groups is 1. The van der Waals surface area contributed by atoms with Crippen LogP contribution in [0, 0.1) is 6.92 Å². The van der Waals surface area contributed by atoms with Crippen LogP contribution in [0.1, 0.15) is 36.1 Å². The number of ether oxygens (including phenoxy) is 1. The molecule has 9 heteroatoms. The zero-order chi connectivity index (χ0) is 27.2. The number of hydrogen-bond acceptors (Lipinski definition) is 7. The molecule has 0 fully saturated rings. The highest BCUT2D eigenvalue weighted by atomic mass is 32.2. The van der Waals surface area contributed by atoms with E-state index in [1.54, 1.807) is 6.92 Å². The van der Waals surface area contributed by atoms with E-state index in [-0.39, 0.29) is 30.7 Å². The minimum absolute atomic E-state index is 0.0525. The van der Waals surface area contributed by atoms with Gasteiger partial charge in [0.25, 0.3) is 0 Å². The predicted octanol–water partition coefficient (Wildman–Crippen LogP) is 5.24. The molecule has 5 aromatic rings. The van der Waals surface area contributed by atoms with Gasteiger partial charge in [-0.05, 0) is 31.0 Å². The van der Waals surface area contributed by atoms with Gasteiger partial charge in [-0.2, -0.15) is 0 Å². The smallest absolute Gasteiger partial charge is 0.308 e. The third kappa shape index (κ3) is 6.26. The van der Waals surface area contributed by atoms with Gasteiger partial charge in [0.1, 0.15) is 5.52 Å². The van der Waals surface area contributed by atoms with Gasteiger partial charge in [0, 0.05) is 11.9 Å². The van der Waals surface area contributed by atoms with E-state index >= 15 is 0 Å². The molecule has 5 rings (SSSR count). The molecule has 2 heterocycles. The Morgan fingerprint density at radius 2 is 1.72 bits per heavy atom. The van der Waals surface area contributed by atoms with Crippen LogP contribution in [-0.4, -0.2) is 44.0 Å². The van der Waals surface area contributed by atoms with Crippen LogP contribution in [-0.2, 0) is 20.9 Å². The third-order valence-corrected chi connectivity index (χ3v) is 7.20. The van der Waals surface area contributed by atoms with E-state index in [0.29, 0.717) is 11.7 Å². The highest BCUT2D eigenvalue weighted by molar-refractivity contribution is 7.99. The van der Waals surface area contributed by atoms with Gasteiger partial charge in [-0.25, -0.2) is 4.98 Å². The van der Waals surface area contributed by atoms with Crippen molar-refractivity contribution < 1.29 is 14.3 Å². The van der Waals surface area contributed by atoms with Crippen LogP contribution in [0.25, 0.3) is 22.1 Å². The SMILES string of the molecule is CCOC(=O)C[C@@H](NC(=O)CSc1nnc2c3ccccc3n(Cc3ccccc3)c2n1)c1ccc(C)cc1. The van der Waals surface area contributed by atoms with E-state index in [2.05, 4.69) is 38.3 Å². The third-order valence-electron chi connectivity index (χ3n) is 6.36. The summed E-state index contributed by atoms with van der Waals surface area (Å²) in [5.41, 5.74) is 5.56. The number of benzene rings is 3. The average Bonchev–Trinajstić information content (AvgIpc) is 3.25. The summed E-state index contributed by atoms with van der Waals surface area (Å²) in [5, 5.41) is 13.1. The zero-order valence-corrected chi connectivity index (χ0v) is 22.6. The van der Waals surface area contributed by atoms with Crippen LogP contribution >= 0.6 is 11.8 Å². The summed E-state index contributed by atoms with van der Waals surface area (Å²) < 4.78 is 7.25. The number of esters is 1. The highest BCUT2D eigenvalue weighted by Gasteiger charge is 2.20. The molecule has 0 unspecified atom stereocenters. The van der Waals surface area contributed by atoms with E-state index in [1.165, 1.54) is 11.8 Å². The topological polar surface area (TPSA) is 99.0 Å². The minimum atomic E-state index is -0.493. The Hall–Kier alpha value is -4.24. The van der Waals surface area contributed by atoms with Crippen LogP contribution in [0.4, 0.5) is 0 Å². The number of hydrogen-bond donors (Lipinski definition) is 1. The molecule has 0 radical (unpaired) electrons. The number of rotatable bonds is 10. The van der Waals surface area contributed by atoms with Crippen molar-refractivity contribution in [2.24, 2.45) is 0 Å². The maximum atomic E-state index is 13.0. The second-order valence-corrected chi connectivity index (χ2v) is 10.1. The first kappa shape index (κ1) is 26.4. The second-order valence-electron chi connectivity index (χ2n) is 9.18. The number of nitrogens with zero attached hydrogens (tertiary/aromatic N) is 4. The lowest BCUT2D eigenvalue weighted by Gasteiger charge is -2.18. The molecule has 0 saturated heterocycles. The lowest BCUT2D eigenvalue weighted by atomic mass is 10.0. The van der Waals surface area contributed by atoms with Crippen LogP contribution in [0.2, 0.25) is 0 Å². The Morgan fingerprint density at radius 1 is 0.974 bits per heavy atom. The predicted molar refractivity (Wildman–Crippen MR) is 152 cm³/mol. The molecule has 198 valence electrons. The van der Waals surface area contributed by atoms with Gasteiger partial charge >= 0.3 is 5.97 Å². The number of carbonyl (C=O) groups excluding carboxylic acids is 2. The molecular formula is C30H29N5O3S. The number of carbonyl (C=O) groups is 2. The lowest BCUT2D eigenvalue weighted by molar-refractivity contribution is -0.143. The van der Waals surface area contributed by atoms with Crippen molar-refractivity contribution in [3.63, 3.8) is 0 Å². The molecule has 1 atom stereocenters. The van der Waals surface area contributed by atoms with Crippen LogP contribution in [0.5, 0.6) is 0 Å². The summed E-state index contributed by atoms with van der Waals surface area (Å²) >= 11 is 1.21. The number of fused-ring (bicyclic) bond motifs is 3. The van der Waals surface area contributed by atoms with Crippen molar-refractivity contribution in [2.45, 2.75) is 38.0 Å². The van der Waals surface area contributed by atoms with Gasteiger partial charge in [0.05, 0.1) is 30.3 Å². The molecule has 3 aromatic carbocycles. The molecule has 0 saturated carbocycles. The maximum absolute atomic E-state index is 13.0. The Kier molecular flexibility index (Phi) is 8.17. The van der Waals surface area contributed by atoms with Crippen LogP contribution in [0.3, 0.4) is 0 Å². The molecule has 0 bridgehead atoms. The van der Waals surface area contributed by atoms with Gasteiger partial charge in [0.15, 0.2) is 5.65 Å². The van der Waals surface area contributed by atoms with Crippen LogP contribution < -0.4 is 5.32 Å². The molecule has 2 aromatic heterocycles. The molecule has 0 aliphatic rings. The van der Waals surface area contributed by atoms with E-state index in [4.69, 9.17) is 9.72 Å². The summed E-state index contributed by atoms with van der Waals surface area (Å²) in [5.74, 6) is -0.513. The number of aromatic nitrogens is 4. The molecule has 0 spiro atoms. The molecular weight excluding hydrogens is 510 g/mol. The summed E-state index contributed by atoms with van der Waals surface area (Å²) in [6.45, 7) is 4.68. The monoisotopic (exact) mass is 539 g/mol. The van der Waals surface area contributed by atoms with Gasteiger partial charge in [0.2, 0.25) is 11.1 Å². The summed E-state index contributed by atoms with van der Waals surface area (Å²) in [4.78, 5) is 30.0. The van der Waals surface area contributed by atoms with Crippen molar-refractivity contribution in [3.8, 4) is 0 Å². The average molecular weight is 540 g/mol. The maximum Gasteiger partial charge on any atom is 0.308 e. The van der Waals surface area contributed by atoms with E-state index in [1.807, 2.05) is 67.6 Å². The van der Waals surface area contributed by atoms with Gasteiger partial charge < -0.3 is 14.6 Å². The fourth-order valence-electron chi connectivity index (χ4n) is 4.48. The Morgan fingerprint density at radius 3 is 2.49 bits per heavy atom. The minimum Gasteiger partial charge on any atom is -0.466 e. The van der Waals surface area contributed by atoms with Gasteiger partial charge in [-0.15, -0.1) is 10.2 Å². The summed E-state index contributed by atoms with van der Waals surface area (Å²) in [6.07, 6.45) is 0.0525. The largest absolute Gasteiger partial charge is 0.466 e. The Bertz CT molecular complexity index is 1600. The van der Waals surface area contributed by atoms with E-state index in [9.17, 15) is 9.59 Å².